The summed E-state index contributed by atoms with van der Waals surface area (Å²) in [4.78, 5) is 15.2. The number of halogens is 1. The van der Waals surface area contributed by atoms with Gasteiger partial charge in [-0.2, -0.15) is 0 Å². The quantitative estimate of drug-likeness (QED) is 0.583. The number of amides is 1. The first-order valence-corrected chi connectivity index (χ1v) is 3.20. The second kappa shape index (κ2) is 5.03. The molecule has 0 aliphatic heterocycles. The first-order valence-electron chi connectivity index (χ1n) is 3.20. The van der Waals surface area contributed by atoms with Crippen LogP contribution in [0.2, 0.25) is 0 Å². The molecule has 0 aromatic heterocycles. The third-order valence-corrected chi connectivity index (χ3v) is 1.23. The molecule has 1 atom stereocenters. The summed E-state index contributed by atoms with van der Waals surface area (Å²) in [5.41, 5.74) is 0. The molecule has 5 heteroatoms. The molecule has 0 aliphatic carbocycles. The maximum absolute atomic E-state index is 12.6. The lowest BCUT2D eigenvalue weighted by Crippen LogP contribution is -2.33. The highest BCUT2D eigenvalue weighted by Crippen LogP contribution is 2.01. The van der Waals surface area contributed by atoms with E-state index in [0.29, 0.717) is 0 Å². The molecule has 0 aromatic carbocycles. The minimum atomic E-state index is -1.68. The van der Waals surface area contributed by atoms with Crippen molar-refractivity contribution in [1.82, 2.24) is 5.06 Å². The highest BCUT2D eigenvalue weighted by molar-refractivity contribution is 5.79. The topological polar surface area (TPSA) is 49.8 Å². The van der Waals surface area contributed by atoms with Gasteiger partial charge < -0.3 is 5.11 Å². The molecule has 0 fully saturated rings. The monoisotopic (exact) mass is 165 g/mol. The van der Waals surface area contributed by atoms with Gasteiger partial charge in [-0.15, -0.1) is 0 Å². The number of hydrogen-bond donors (Lipinski definition) is 1. The number of hydrogen-bond acceptors (Lipinski definition) is 3. The molecule has 0 aromatic rings. The van der Waals surface area contributed by atoms with Crippen LogP contribution in [0.5, 0.6) is 0 Å². The fraction of sp³-hybridized carbons (Fsp3) is 0.833. The summed E-state index contributed by atoms with van der Waals surface area (Å²) < 4.78 is 12.6. The van der Waals surface area contributed by atoms with Crippen LogP contribution in [0.1, 0.15) is 6.42 Å². The molecule has 0 rings (SSSR count). The zero-order chi connectivity index (χ0) is 8.85. The van der Waals surface area contributed by atoms with E-state index in [1.807, 2.05) is 0 Å². The van der Waals surface area contributed by atoms with E-state index < -0.39 is 12.1 Å². The highest BCUT2D eigenvalue weighted by atomic mass is 19.1. The van der Waals surface area contributed by atoms with Crippen molar-refractivity contribution >= 4 is 5.91 Å². The summed E-state index contributed by atoms with van der Waals surface area (Å²) in [5, 5.41) is 9.08. The number of nitrogens with zero attached hydrogens (tertiary/aromatic N) is 1. The molecule has 1 N–H and O–H groups in total. The maximum atomic E-state index is 12.6. The van der Waals surface area contributed by atoms with E-state index in [2.05, 4.69) is 4.84 Å². The Hall–Kier alpha value is -0.680. The number of alkyl halides is 1. The number of aliphatic hydroxyl groups excluding tert-OH is 1. The van der Waals surface area contributed by atoms with E-state index >= 15 is 0 Å². The van der Waals surface area contributed by atoms with Crippen LogP contribution in [-0.2, 0) is 9.63 Å². The molecule has 1 amide bonds. The van der Waals surface area contributed by atoms with E-state index in [-0.39, 0.29) is 13.0 Å². The SMILES string of the molecule is CON(C)C(=O)C(F)CCO. The predicted octanol–water partition coefficient (Wildman–Crippen LogP) is -0.273. The van der Waals surface area contributed by atoms with Crippen LogP contribution in [0.3, 0.4) is 0 Å². The van der Waals surface area contributed by atoms with Crippen molar-refractivity contribution in [2.24, 2.45) is 0 Å². The molecule has 1 unspecified atom stereocenters. The number of aliphatic hydroxyl groups is 1. The van der Waals surface area contributed by atoms with Crippen LogP contribution >= 0.6 is 0 Å². The summed E-state index contributed by atoms with van der Waals surface area (Å²) in [5.74, 6) is -0.776. The van der Waals surface area contributed by atoms with E-state index in [1.165, 1.54) is 14.2 Å². The normalized spacial score (nSPS) is 12.7. The van der Waals surface area contributed by atoms with Crippen LogP contribution in [-0.4, -0.2) is 43.0 Å². The van der Waals surface area contributed by atoms with Gasteiger partial charge >= 0.3 is 0 Å². The Kier molecular flexibility index (Phi) is 4.72. The molecule has 4 nitrogen and oxygen atoms in total. The Morgan fingerprint density at radius 3 is 2.73 bits per heavy atom. The second-order valence-corrected chi connectivity index (χ2v) is 2.00. The number of carbonyl (C=O) groups excluding carboxylic acids is 1. The minimum absolute atomic E-state index is 0.188. The standard InChI is InChI=1S/C6H12FNO3/c1-8(11-2)6(10)5(7)3-4-9/h5,9H,3-4H2,1-2H3. The Bertz CT molecular complexity index is 131. The molecule has 0 radical (unpaired) electrons. The van der Waals surface area contributed by atoms with Gasteiger partial charge in [-0.1, -0.05) is 0 Å². The van der Waals surface area contributed by atoms with Gasteiger partial charge in [0.05, 0.1) is 7.11 Å². The summed E-state index contributed by atoms with van der Waals surface area (Å²) >= 11 is 0. The predicted molar refractivity (Wildman–Crippen MR) is 36.4 cm³/mol. The zero-order valence-electron chi connectivity index (χ0n) is 6.58. The van der Waals surface area contributed by atoms with Crippen molar-refractivity contribution in [3.63, 3.8) is 0 Å². The van der Waals surface area contributed by atoms with Gasteiger partial charge in [-0.25, -0.2) is 9.45 Å². The Morgan fingerprint density at radius 2 is 2.36 bits per heavy atom. The third kappa shape index (κ3) is 3.29. The fourth-order valence-electron chi connectivity index (χ4n) is 0.524. The molecule has 66 valence electrons. The van der Waals surface area contributed by atoms with Gasteiger partial charge in [-0.05, 0) is 0 Å². The van der Waals surface area contributed by atoms with Crippen LogP contribution in [0, 0.1) is 0 Å². The van der Waals surface area contributed by atoms with Gasteiger partial charge in [0.1, 0.15) is 0 Å². The van der Waals surface area contributed by atoms with E-state index in [4.69, 9.17) is 5.11 Å². The van der Waals surface area contributed by atoms with Crippen molar-refractivity contribution < 1.29 is 19.1 Å². The largest absolute Gasteiger partial charge is 0.396 e. The Morgan fingerprint density at radius 1 is 1.82 bits per heavy atom. The van der Waals surface area contributed by atoms with Crippen LogP contribution in [0.25, 0.3) is 0 Å². The first-order chi connectivity index (χ1) is 5.13. The van der Waals surface area contributed by atoms with Crippen molar-refractivity contribution in [2.45, 2.75) is 12.6 Å². The van der Waals surface area contributed by atoms with E-state index in [0.717, 1.165) is 5.06 Å². The van der Waals surface area contributed by atoms with E-state index in [1.54, 1.807) is 0 Å². The summed E-state index contributed by atoms with van der Waals surface area (Å²) in [6.45, 7) is -0.343. The highest BCUT2D eigenvalue weighted by Gasteiger charge is 2.20. The zero-order valence-corrected chi connectivity index (χ0v) is 6.58. The minimum Gasteiger partial charge on any atom is -0.396 e. The second-order valence-electron chi connectivity index (χ2n) is 2.00. The van der Waals surface area contributed by atoms with Crippen LogP contribution in [0.4, 0.5) is 4.39 Å². The van der Waals surface area contributed by atoms with Crippen molar-refractivity contribution in [3.05, 3.63) is 0 Å². The molecule has 0 saturated heterocycles. The van der Waals surface area contributed by atoms with Crippen LogP contribution < -0.4 is 0 Å². The van der Waals surface area contributed by atoms with Gasteiger partial charge in [-0.3, -0.25) is 9.63 Å². The third-order valence-electron chi connectivity index (χ3n) is 1.23. The van der Waals surface area contributed by atoms with E-state index in [9.17, 15) is 9.18 Å². The molecule has 0 saturated carbocycles. The molecule has 0 spiro atoms. The maximum Gasteiger partial charge on any atom is 0.280 e. The lowest BCUT2D eigenvalue weighted by atomic mass is 10.3. The van der Waals surface area contributed by atoms with Crippen molar-refractivity contribution in [2.75, 3.05) is 20.8 Å². The number of carbonyl (C=O) groups is 1. The number of rotatable bonds is 4. The van der Waals surface area contributed by atoms with Gasteiger partial charge in [0, 0.05) is 20.1 Å². The average Bonchev–Trinajstić information content (AvgIpc) is 2.02. The molecule has 11 heavy (non-hydrogen) atoms. The fourth-order valence-corrected chi connectivity index (χ4v) is 0.524. The van der Waals surface area contributed by atoms with Crippen molar-refractivity contribution in [3.8, 4) is 0 Å². The molecule has 0 heterocycles. The smallest absolute Gasteiger partial charge is 0.280 e. The Labute approximate surface area is 64.5 Å². The van der Waals surface area contributed by atoms with Gasteiger partial charge in [0.15, 0.2) is 6.17 Å². The average molecular weight is 165 g/mol. The van der Waals surface area contributed by atoms with Gasteiger partial charge in [0.2, 0.25) is 0 Å². The van der Waals surface area contributed by atoms with Crippen LogP contribution in [0.15, 0.2) is 0 Å². The molecular formula is C6H12FNO3. The first kappa shape index (κ1) is 10.3. The summed E-state index contributed by atoms with van der Waals surface area (Å²) in [6.07, 6.45) is -1.86. The van der Waals surface area contributed by atoms with Crippen molar-refractivity contribution in [1.29, 1.82) is 0 Å². The molecule has 0 aliphatic rings. The number of hydroxylamine groups is 2. The molecule has 0 bridgehead atoms. The summed E-state index contributed by atoms with van der Waals surface area (Å²) in [6, 6.07) is 0. The molecular weight excluding hydrogens is 153 g/mol. The lowest BCUT2D eigenvalue weighted by Gasteiger charge is -2.15. The summed E-state index contributed by atoms with van der Waals surface area (Å²) in [7, 11) is 2.58. The Balaban J connectivity index is 3.81. The van der Waals surface area contributed by atoms with Gasteiger partial charge in [0.25, 0.3) is 5.91 Å². The lowest BCUT2D eigenvalue weighted by molar-refractivity contribution is -0.174.